The molecule has 5 nitrogen and oxygen atoms in total. The summed E-state index contributed by atoms with van der Waals surface area (Å²) < 4.78 is 36.7. The number of hydrogen-bond acceptors (Lipinski definition) is 3. The molecular weight excluding hydrogens is 341 g/mol. The number of sulfone groups is 1. The second-order valence-corrected chi connectivity index (χ2v) is 9.71. The first kappa shape index (κ1) is 19.7. The van der Waals surface area contributed by atoms with E-state index in [2.05, 4.69) is 10.3 Å². The highest BCUT2D eigenvalue weighted by Gasteiger charge is 2.40. The number of aryl methyl sites for hydroxylation is 1. The van der Waals surface area contributed by atoms with E-state index in [9.17, 15) is 12.8 Å². The lowest BCUT2D eigenvalue weighted by molar-refractivity contribution is 0.353. The van der Waals surface area contributed by atoms with Crippen molar-refractivity contribution < 1.29 is 12.8 Å². The summed E-state index contributed by atoms with van der Waals surface area (Å²) in [7, 11) is -3.07. The molecule has 1 saturated heterocycles. The van der Waals surface area contributed by atoms with Crippen molar-refractivity contribution >= 4 is 15.8 Å². The third kappa shape index (κ3) is 5.17. The molecule has 2 rings (SSSR count). The van der Waals surface area contributed by atoms with Crippen molar-refractivity contribution in [2.24, 2.45) is 4.99 Å². The van der Waals surface area contributed by atoms with Crippen LogP contribution in [0.15, 0.2) is 29.3 Å². The van der Waals surface area contributed by atoms with Gasteiger partial charge in [-0.3, -0.25) is 4.99 Å². The van der Waals surface area contributed by atoms with Crippen molar-refractivity contribution in [1.82, 2.24) is 10.2 Å². The van der Waals surface area contributed by atoms with Crippen molar-refractivity contribution in [2.75, 3.05) is 31.9 Å². The Kier molecular flexibility index (Phi) is 6.43. The number of halogens is 1. The predicted octanol–water partition coefficient (Wildman–Crippen LogP) is 2.23. The Balaban J connectivity index is 1.96. The lowest BCUT2D eigenvalue weighted by atomic mass is 10.1. The van der Waals surface area contributed by atoms with Crippen LogP contribution in [0.2, 0.25) is 0 Å². The molecule has 0 amide bonds. The van der Waals surface area contributed by atoms with Crippen LogP contribution < -0.4 is 5.32 Å². The Morgan fingerprint density at radius 2 is 2.16 bits per heavy atom. The maximum Gasteiger partial charge on any atom is 0.193 e. The van der Waals surface area contributed by atoms with Crippen LogP contribution in [0.25, 0.3) is 0 Å². The van der Waals surface area contributed by atoms with E-state index in [1.54, 1.807) is 26.0 Å². The molecule has 1 aromatic carbocycles. The van der Waals surface area contributed by atoms with Crippen LogP contribution in [0, 0.1) is 5.82 Å². The zero-order chi connectivity index (χ0) is 18.5. The molecule has 1 aromatic rings. The van der Waals surface area contributed by atoms with E-state index in [1.165, 1.54) is 6.07 Å². The molecule has 0 atom stereocenters. The fraction of sp³-hybridized carbons (Fsp3) is 0.611. The Bertz CT molecular complexity index is 717. The summed E-state index contributed by atoms with van der Waals surface area (Å²) in [5, 5.41) is 3.25. The van der Waals surface area contributed by atoms with E-state index in [0.29, 0.717) is 19.6 Å². The minimum Gasteiger partial charge on any atom is -0.357 e. The molecule has 0 aromatic heterocycles. The van der Waals surface area contributed by atoms with Gasteiger partial charge in [-0.2, -0.15) is 0 Å². The number of nitrogens with zero attached hydrogens (tertiary/aromatic N) is 2. The summed E-state index contributed by atoms with van der Waals surface area (Å²) in [6.07, 6.45) is 1.58. The highest BCUT2D eigenvalue weighted by Crippen LogP contribution is 2.23. The molecule has 0 bridgehead atoms. The van der Waals surface area contributed by atoms with E-state index in [0.717, 1.165) is 30.9 Å². The van der Waals surface area contributed by atoms with Gasteiger partial charge in [0, 0.05) is 26.2 Å². The smallest absolute Gasteiger partial charge is 0.193 e. The van der Waals surface area contributed by atoms with Crippen LogP contribution in [-0.2, 0) is 16.3 Å². The monoisotopic (exact) mass is 369 g/mol. The first-order chi connectivity index (χ1) is 11.7. The number of aliphatic imine (C=N–C) groups is 1. The van der Waals surface area contributed by atoms with Gasteiger partial charge in [-0.1, -0.05) is 12.1 Å². The topological polar surface area (TPSA) is 61.8 Å². The Hall–Kier alpha value is -1.63. The number of guanidine groups is 1. The molecule has 0 saturated carbocycles. The van der Waals surface area contributed by atoms with Gasteiger partial charge in [-0.15, -0.1) is 0 Å². The molecule has 140 valence electrons. The number of benzene rings is 1. The highest BCUT2D eigenvalue weighted by molar-refractivity contribution is 7.92. The average molecular weight is 370 g/mol. The van der Waals surface area contributed by atoms with Crippen molar-refractivity contribution in [1.29, 1.82) is 0 Å². The fourth-order valence-electron chi connectivity index (χ4n) is 2.91. The molecule has 7 heteroatoms. The van der Waals surface area contributed by atoms with Crippen molar-refractivity contribution in [3.63, 3.8) is 0 Å². The standard InChI is InChI=1S/C18H28FN3O2S/c1-4-20-17(22-11-12-25(23,24)18(2,3)14-22)21-10-6-8-15-7-5-9-16(19)13-15/h5,7,9,13H,4,6,8,10-12,14H2,1-3H3,(H,20,21). The molecule has 0 unspecified atom stereocenters. The van der Waals surface area contributed by atoms with Gasteiger partial charge in [0.15, 0.2) is 15.8 Å². The molecular formula is C18H28FN3O2S. The average Bonchev–Trinajstić information content (AvgIpc) is 2.53. The second kappa shape index (κ2) is 8.17. The lowest BCUT2D eigenvalue weighted by Gasteiger charge is -2.39. The van der Waals surface area contributed by atoms with E-state index < -0.39 is 14.6 Å². The molecule has 1 aliphatic rings. The number of nitrogens with one attached hydrogen (secondary N) is 1. The number of hydrogen-bond donors (Lipinski definition) is 1. The summed E-state index contributed by atoms with van der Waals surface area (Å²) in [4.78, 5) is 6.65. The third-order valence-corrected chi connectivity index (χ3v) is 6.99. The first-order valence-corrected chi connectivity index (χ1v) is 10.4. The molecule has 1 N–H and O–H groups in total. The molecule has 1 heterocycles. The highest BCUT2D eigenvalue weighted by atomic mass is 32.2. The summed E-state index contributed by atoms with van der Waals surface area (Å²) >= 11 is 0. The van der Waals surface area contributed by atoms with Crippen LogP contribution in [0.1, 0.15) is 32.8 Å². The van der Waals surface area contributed by atoms with Crippen LogP contribution in [0.3, 0.4) is 0 Å². The van der Waals surface area contributed by atoms with Crippen LogP contribution in [-0.4, -0.2) is 56.0 Å². The minimum atomic E-state index is -3.07. The van der Waals surface area contributed by atoms with Crippen molar-refractivity contribution in [3.05, 3.63) is 35.6 Å². The predicted molar refractivity (Wildman–Crippen MR) is 100 cm³/mol. The van der Waals surface area contributed by atoms with Gasteiger partial charge >= 0.3 is 0 Å². The van der Waals surface area contributed by atoms with Crippen molar-refractivity contribution in [2.45, 2.75) is 38.4 Å². The molecule has 0 radical (unpaired) electrons. The van der Waals surface area contributed by atoms with Crippen LogP contribution in [0.5, 0.6) is 0 Å². The van der Waals surface area contributed by atoms with Gasteiger partial charge in [0.25, 0.3) is 0 Å². The zero-order valence-corrected chi connectivity index (χ0v) is 16.1. The first-order valence-electron chi connectivity index (χ1n) is 8.75. The molecule has 1 aliphatic heterocycles. The van der Waals surface area contributed by atoms with Crippen LogP contribution >= 0.6 is 0 Å². The molecule has 25 heavy (non-hydrogen) atoms. The fourth-order valence-corrected chi connectivity index (χ4v) is 4.28. The van der Waals surface area contributed by atoms with Gasteiger partial charge in [-0.05, 0) is 51.3 Å². The molecule has 0 aliphatic carbocycles. The van der Waals surface area contributed by atoms with Gasteiger partial charge in [0.1, 0.15) is 5.82 Å². The molecule has 1 fully saturated rings. The van der Waals surface area contributed by atoms with Gasteiger partial charge in [-0.25, -0.2) is 12.8 Å². The van der Waals surface area contributed by atoms with E-state index in [4.69, 9.17) is 0 Å². The van der Waals surface area contributed by atoms with E-state index in [1.807, 2.05) is 17.9 Å². The summed E-state index contributed by atoms with van der Waals surface area (Å²) in [6.45, 7) is 7.76. The maximum absolute atomic E-state index is 13.2. The van der Waals surface area contributed by atoms with Crippen molar-refractivity contribution in [3.8, 4) is 0 Å². The Labute approximate surface area is 150 Å². The summed E-state index contributed by atoms with van der Waals surface area (Å²) in [5.74, 6) is 0.684. The van der Waals surface area contributed by atoms with E-state index in [-0.39, 0.29) is 11.6 Å². The van der Waals surface area contributed by atoms with Crippen LogP contribution in [0.4, 0.5) is 4.39 Å². The normalized spacial score (nSPS) is 19.7. The third-order valence-electron chi connectivity index (χ3n) is 4.45. The quantitative estimate of drug-likeness (QED) is 0.491. The summed E-state index contributed by atoms with van der Waals surface area (Å²) in [5.41, 5.74) is 0.963. The van der Waals surface area contributed by atoms with E-state index >= 15 is 0 Å². The Morgan fingerprint density at radius 1 is 1.40 bits per heavy atom. The Morgan fingerprint density at radius 3 is 2.80 bits per heavy atom. The van der Waals surface area contributed by atoms with Gasteiger partial charge in [0.05, 0.1) is 10.5 Å². The summed E-state index contributed by atoms with van der Waals surface area (Å²) in [6, 6.07) is 6.62. The SMILES string of the molecule is CCNC(=NCCCc1cccc(F)c1)N1CCS(=O)(=O)C(C)(C)C1. The zero-order valence-electron chi connectivity index (χ0n) is 15.3. The maximum atomic E-state index is 13.2. The number of rotatable bonds is 5. The van der Waals surface area contributed by atoms with Gasteiger partial charge in [0.2, 0.25) is 0 Å². The van der Waals surface area contributed by atoms with Gasteiger partial charge < -0.3 is 10.2 Å². The lowest BCUT2D eigenvalue weighted by Crippen LogP contribution is -2.57. The largest absolute Gasteiger partial charge is 0.357 e. The minimum absolute atomic E-state index is 0.147. The molecule has 0 spiro atoms. The second-order valence-electron chi connectivity index (χ2n) is 6.97.